The highest BCUT2D eigenvalue weighted by Crippen LogP contribution is 2.33. The van der Waals surface area contributed by atoms with Gasteiger partial charge in [0.15, 0.2) is 0 Å². The largest absolute Gasteiger partial charge is 0.497 e. The summed E-state index contributed by atoms with van der Waals surface area (Å²) in [6, 6.07) is 7.83. The number of ether oxygens (including phenoxy) is 2. The minimum atomic E-state index is -0.0740. The summed E-state index contributed by atoms with van der Waals surface area (Å²) in [5, 5.41) is 0. The highest BCUT2D eigenvalue weighted by atomic mass is 16.5. The first-order chi connectivity index (χ1) is 8.93. The summed E-state index contributed by atoms with van der Waals surface area (Å²) in [6.45, 7) is 9.11. The smallest absolute Gasteiger partial charge is 0.119 e. The third-order valence-electron chi connectivity index (χ3n) is 3.13. The highest BCUT2D eigenvalue weighted by Gasteiger charge is 2.33. The van der Waals surface area contributed by atoms with E-state index < -0.39 is 0 Å². The van der Waals surface area contributed by atoms with Crippen LogP contribution in [-0.4, -0.2) is 19.8 Å². The first-order valence-electron chi connectivity index (χ1n) is 6.65. The number of nitrogens with two attached hydrogens (primary N) is 1. The molecule has 19 heavy (non-hydrogen) atoms. The van der Waals surface area contributed by atoms with Gasteiger partial charge < -0.3 is 9.47 Å². The monoisotopic (exact) mass is 266 g/mol. The van der Waals surface area contributed by atoms with Crippen LogP contribution in [0.25, 0.3) is 0 Å². The normalized spacial score (nSPS) is 15.1. The molecule has 0 spiro atoms. The van der Waals surface area contributed by atoms with Gasteiger partial charge in [-0.3, -0.25) is 11.3 Å². The molecule has 1 aromatic carbocycles. The van der Waals surface area contributed by atoms with Crippen LogP contribution in [0.4, 0.5) is 0 Å². The lowest BCUT2D eigenvalue weighted by molar-refractivity contribution is -0.0367. The molecule has 3 N–H and O–H groups in total. The maximum atomic E-state index is 5.90. The fraction of sp³-hybridized carbons (Fsp3) is 0.600. The van der Waals surface area contributed by atoms with E-state index in [1.165, 1.54) is 0 Å². The number of hydrogen-bond acceptors (Lipinski definition) is 4. The Kier molecular flexibility index (Phi) is 5.79. The predicted octanol–water partition coefficient (Wildman–Crippen LogP) is 2.65. The zero-order valence-electron chi connectivity index (χ0n) is 12.6. The van der Waals surface area contributed by atoms with Crippen molar-refractivity contribution >= 4 is 0 Å². The van der Waals surface area contributed by atoms with E-state index >= 15 is 0 Å². The molecule has 2 atom stereocenters. The van der Waals surface area contributed by atoms with Gasteiger partial charge in [-0.2, -0.15) is 0 Å². The van der Waals surface area contributed by atoms with Crippen molar-refractivity contribution in [1.29, 1.82) is 0 Å². The van der Waals surface area contributed by atoms with Crippen LogP contribution in [-0.2, 0) is 4.74 Å². The lowest BCUT2D eigenvalue weighted by atomic mass is 9.82. The Bertz CT molecular complexity index is 388. The molecular formula is C15H26N2O2. The second kappa shape index (κ2) is 6.89. The number of nitrogens with one attached hydrogen (secondary N) is 1. The average molecular weight is 266 g/mol. The average Bonchev–Trinajstić information content (AvgIpc) is 2.38. The van der Waals surface area contributed by atoms with E-state index in [2.05, 4.69) is 26.2 Å². The Morgan fingerprint density at radius 3 is 2.47 bits per heavy atom. The van der Waals surface area contributed by atoms with E-state index in [9.17, 15) is 0 Å². The first-order valence-corrected chi connectivity index (χ1v) is 6.65. The summed E-state index contributed by atoms with van der Waals surface area (Å²) < 4.78 is 11.2. The molecule has 0 amide bonds. The summed E-state index contributed by atoms with van der Waals surface area (Å²) in [7, 11) is 1.66. The third kappa shape index (κ3) is 4.20. The molecule has 1 rings (SSSR count). The summed E-state index contributed by atoms with van der Waals surface area (Å²) >= 11 is 0. The molecule has 0 saturated heterocycles. The van der Waals surface area contributed by atoms with E-state index in [0.717, 1.165) is 11.3 Å². The van der Waals surface area contributed by atoms with Crippen molar-refractivity contribution < 1.29 is 9.47 Å². The number of benzene rings is 1. The number of hydrogen-bond donors (Lipinski definition) is 2. The molecule has 0 heterocycles. The van der Waals surface area contributed by atoms with Gasteiger partial charge in [0.1, 0.15) is 5.75 Å². The van der Waals surface area contributed by atoms with Gasteiger partial charge in [0.05, 0.1) is 19.3 Å². The van der Waals surface area contributed by atoms with Crippen molar-refractivity contribution in [3.8, 4) is 5.75 Å². The van der Waals surface area contributed by atoms with Gasteiger partial charge in [0.25, 0.3) is 0 Å². The molecule has 0 aliphatic carbocycles. The maximum Gasteiger partial charge on any atom is 0.119 e. The second-order valence-electron chi connectivity index (χ2n) is 5.66. The molecule has 0 saturated carbocycles. The topological polar surface area (TPSA) is 56.5 Å². The van der Waals surface area contributed by atoms with E-state index in [0.29, 0.717) is 6.61 Å². The van der Waals surface area contributed by atoms with E-state index in [4.69, 9.17) is 15.3 Å². The fourth-order valence-electron chi connectivity index (χ4n) is 2.22. The Morgan fingerprint density at radius 1 is 1.32 bits per heavy atom. The Morgan fingerprint density at radius 2 is 2.00 bits per heavy atom. The van der Waals surface area contributed by atoms with Crippen LogP contribution in [0.1, 0.15) is 39.3 Å². The zero-order valence-corrected chi connectivity index (χ0v) is 12.6. The summed E-state index contributed by atoms with van der Waals surface area (Å²) in [5.41, 5.74) is 3.93. The van der Waals surface area contributed by atoms with Crippen LogP contribution in [0.2, 0.25) is 0 Å². The summed E-state index contributed by atoms with van der Waals surface area (Å²) in [5.74, 6) is 6.57. The lowest BCUT2D eigenvalue weighted by Crippen LogP contribution is -2.44. The SMILES string of the molecule is CCOC(C(NN)c1cccc(OC)c1)C(C)(C)C. The number of methoxy groups -OCH3 is 1. The number of rotatable bonds is 6. The molecule has 0 aliphatic rings. The van der Waals surface area contributed by atoms with Crippen molar-refractivity contribution in [3.63, 3.8) is 0 Å². The molecule has 108 valence electrons. The molecule has 1 aromatic rings. The van der Waals surface area contributed by atoms with Crippen molar-refractivity contribution in [1.82, 2.24) is 5.43 Å². The van der Waals surface area contributed by atoms with Gasteiger partial charge in [-0.15, -0.1) is 0 Å². The van der Waals surface area contributed by atoms with Crippen molar-refractivity contribution in [3.05, 3.63) is 29.8 Å². The summed E-state index contributed by atoms with van der Waals surface area (Å²) in [4.78, 5) is 0. The van der Waals surface area contributed by atoms with Crippen LogP contribution in [0.3, 0.4) is 0 Å². The van der Waals surface area contributed by atoms with Crippen molar-refractivity contribution in [2.45, 2.75) is 39.8 Å². The van der Waals surface area contributed by atoms with Gasteiger partial charge in [-0.25, -0.2) is 0 Å². The van der Waals surface area contributed by atoms with Crippen molar-refractivity contribution in [2.75, 3.05) is 13.7 Å². The van der Waals surface area contributed by atoms with Crippen LogP contribution in [0, 0.1) is 5.41 Å². The zero-order chi connectivity index (χ0) is 14.5. The molecule has 0 bridgehead atoms. The molecule has 0 aliphatic heterocycles. The molecule has 0 aromatic heterocycles. The van der Waals surface area contributed by atoms with Gasteiger partial charge >= 0.3 is 0 Å². The Balaban J connectivity index is 3.08. The molecule has 4 heteroatoms. The van der Waals surface area contributed by atoms with Crippen LogP contribution < -0.4 is 16.0 Å². The molecule has 2 unspecified atom stereocenters. The Hall–Kier alpha value is -1.10. The summed E-state index contributed by atoms with van der Waals surface area (Å²) in [6.07, 6.45) is -0.0189. The van der Waals surface area contributed by atoms with E-state index in [1.54, 1.807) is 7.11 Å². The molecular weight excluding hydrogens is 240 g/mol. The van der Waals surface area contributed by atoms with Gasteiger partial charge in [-0.05, 0) is 30.0 Å². The highest BCUT2D eigenvalue weighted by molar-refractivity contribution is 5.31. The minimum absolute atomic E-state index is 0.0177. The standard InChI is InChI=1S/C15H26N2O2/c1-6-19-14(15(2,3)4)13(17-16)11-8-7-9-12(10-11)18-5/h7-10,13-14,17H,6,16H2,1-5H3. The van der Waals surface area contributed by atoms with E-state index in [1.807, 2.05) is 31.2 Å². The van der Waals surface area contributed by atoms with Crippen LogP contribution in [0.5, 0.6) is 5.75 Å². The van der Waals surface area contributed by atoms with Crippen LogP contribution >= 0.6 is 0 Å². The van der Waals surface area contributed by atoms with Crippen molar-refractivity contribution in [2.24, 2.45) is 11.3 Å². The fourth-order valence-corrected chi connectivity index (χ4v) is 2.22. The second-order valence-corrected chi connectivity index (χ2v) is 5.66. The molecule has 4 nitrogen and oxygen atoms in total. The Labute approximate surface area is 116 Å². The third-order valence-corrected chi connectivity index (χ3v) is 3.13. The van der Waals surface area contributed by atoms with E-state index in [-0.39, 0.29) is 17.6 Å². The minimum Gasteiger partial charge on any atom is -0.497 e. The van der Waals surface area contributed by atoms with Gasteiger partial charge in [-0.1, -0.05) is 32.9 Å². The molecule has 0 radical (unpaired) electrons. The maximum absolute atomic E-state index is 5.90. The van der Waals surface area contributed by atoms with Gasteiger partial charge in [0.2, 0.25) is 0 Å². The number of hydrazine groups is 1. The lowest BCUT2D eigenvalue weighted by Gasteiger charge is -2.36. The van der Waals surface area contributed by atoms with Gasteiger partial charge in [0, 0.05) is 6.61 Å². The molecule has 0 fully saturated rings. The first kappa shape index (κ1) is 16.0. The van der Waals surface area contributed by atoms with Crippen LogP contribution in [0.15, 0.2) is 24.3 Å². The predicted molar refractivity (Wildman–Crippen MR) is 77.9 cm³/mol. The quantitative estimate of drug-likeness (QED) is 0.614.